The molecule has 4 heteroatoms. The van der Waals surface area contributed by atoms with Gasteiger partial charge in [-0.1, -0.05) is 35.0 Å². The van der Waals surface area contributed by atoms with E-state index in [1.165, 1.54) is 11.6 Å². The Balaban J connectivity index is 1.99. The Morgan fingerprint density at radius 3 is 2.55 bits per heavy atom. The number of halogens is 2. The summed E-state index contributed by atoms with van der Waals surface area (Å²) in [6, 6.07) is 12.4. The standard InChI is InChI=1S/C16H17BrFNO/c1-2-9-19-11-12-3-6-14(7-4-12)20-16-8-5-13(17)10-15(16)18/h3-8,10,19H,2,9,11H2,1H3. The van der Waals surface area contributed by atoms with Crippen LogP contribution >= 0.6 is 15.9 Å². The zero-order chi connectivity index (χ0) is 14.4. The molecule has 0 spiro atoms. The Morgan fingerprint density at radius 2 is 1.90 bits per heavy atom. The molecule has 0 aliphatic rings. The smallest absolute Gasteiger partial charge is 0.166 e. The monoisotopic (exact) mass is 337 g/mol. The van der Waals surface area contributed by atoms with Crippen molar-refractivity contribution >= 4 is 15.9 Å². The van der Waals surface area contributed by atoms with Crippen LogP contribution in [0.1, 0.15) is 18.9 Å². The second kappa shape index (κ2) is 7.41. The van der Waals surface area contributed by atoms with Crippen molar-refractivity contribution in [1.82, 2.24) is 5.32 Å². The van der Waals surface area contributed by atoms with Gasteiger partial charge in [-0.2, -0.15) is 0 Å². The molecule has 0 saturated carbocycles. The van der Waals surface area contributed by atoms with Crippen LogP contribution in [0.25, 0.3) is 0 Å². The average Bonchev–Trinajstić information content (AvgIpc) is 2.44. The van der Waals surface area contributed by atoms with Gasteiger partial charge in [-0.3, -0.25) is 0 Å². The van der Waals surface area contributed by atoms with E-state index in [-0.39, 0.29) is 11.6 Å². The molecule has 2 aromatic rings. The van der Waals surface area contributed by atoms with Gasteiger partial charge in [-0.25, -0.2) is 4.39 Å². The van der Waals surface area contributed by atoms with E-state index in [9.17, 15) is 4.39 Å². The topological polar surface area (TPSA) is 21.3 Å². The zero-order valence-corrected chi connectivity index (χ0v) is 12.9. The van der Waals surface area contributed by atoms with Crippen molar-refractivity contribution in [3.8, 4) is 11.5 Å². The number of ether oxygens (including phenoxy) is 1. The summed E-state index contributed by atoms with van der Waals surface area (Å²) in [6.07, 6.45) is 1.12. The molecule has 0 amide bonds. The van der Waals surface area contributed by atoms with Gasteiger partial charge in [0.15, 0.2) is 11.6 Å². The molecule has 0 atom stereocenters. The van der Waals surface area contributed by atoms with E-state index in [2.05, 4.69) is 28.2 Å². The summed E-state index contributed by atoms with van der Waals surface area (Å²) in [6.45, 7) is 3.97. The minimum absolute atomic E-state index is 0.227. The van der Waals surface area contributed by atoms with Crippen LogP contribution < -0.4 is 10.1 Å². The lowest BCUT2D eigenvalue weighted by Gasteiger charge is -2.08. The molecule has 2 nitrogen and oxygen atoms in total. The molecule has 0 heterocycles. The molecular weight excluding hydrogens is 321 g/mol. The SMILES string of the molecule is CCCNCc1ccc(Oc2ccc(Br)cc2F)cc1. The fraction of sp³-hybridized carbons (Fsp3) is 0.250. The van der Waals surface area contributed by atoms with Gasteiger partial charge in [0.05, 0.1) is 0 Å². The molecule has 2 aromatic carbocycles. The van der Waals surface area contributed by atoms with Gasteiger partial charge in [0.2, 0.25) is 0 Å². The van der Waals surface area contributed by atoms with Crippen molar-refractivity contribution in [3.63, 3.8) is 0 Å². The van der Waals surface area contributed by atoms with E-state index < -0.39 is 0 Å². The van der Waals surface area contributed by atoms with Crippen LogP contribution in [0.2, 0.25) is 0 Å². The molecular formula is C16H17BrFNO. The Hall–Kier alpha value is -1.39. The first-order valence-corrected chi connectivity index (χ1v) is 7.41. The van der Waals surface area contributed by atoms with Gasteiger partial charge in [0.1, 0.15) is 5.75 Å². The summed E-state index contributed by atoms with van der Waals surface area (Å²) in [5.74, 6) is 0.476. The third-order valence-corrected chi connectivity index (χ3v) is 3.29. The third kappa shape index (κ3) is 4.32. The Morgan fingerprint density at radius 1 is 1.15 bits per heavy atom. The summed E-state index contributed by atoms with van der Waals surface area (Å²) in [5.41, 5.74) is 1.18. The van der Waals surface area contributed by atoms with Gasteiger partial charge in [0.25, 0.3) is 0 Å². The third-order valence-electron chi connectivity index (χ3n) is 2.80. The molecule has 0 aliphatic heterocycles. The van der Waals surface area contributed by atoms with Crippen LogP contribution in [0, 0.1) is 5.82 Å². The van der Waals surface area contributed by atoms with Crippen LogP contribution in [0.15, 0.2) is 46.9 Å². The van der Waals surface area contributed by atoms with E-state index in [0.29, 0.717) is 10.2 Å². The molecule has 0 radical (unpaired) electrons. The van der Waals surface area contributed by atoms with Gasteiger partial charge >= 0.3 is 0 Å². The molecule has 0 aliphatic carbocycles. The highest BCUT2D eigenvalue weighted by Gasteiger charge is 2.05. The molecule has 0 bridgehead atoms. The Bertz CT molecular complexity index is 557. The van der Waals surface area contributed by atoms with Gasteiger partial charge < -0.3 is 10.1 Å². The second-order valence-electron chi connectivity index (χ2n) is 4.50. The summed E-state index contributed by atoms with van der Waals surface area (Å²) in [4.78, 5) is 0. The first kappa shape index (κ1) is 15.0. The highest BCUT2D eigenvalue weighted by atomic mass is 79.9. The van der Waals surface area contributed by atoms with Gasteiger partial charge in [-0.05, 0) is 48.9 Å². The maximum Gasteiger partial charge on any atom is 0.166 e. The fourth-order valence-corrected chi connectivity index (χ4v) is 2.10. The maximum atomic E-state index is 13.7. The first-order chi connectivity index (χ1) is 9.69. The van der Waals surface area contributed by atoms with Crippen LogP contribution in [-0.4, -0.2) is 6.54 Å². The molecule has 0 saturated heterocycles. The molecule has 106 valence electrons. The molecule has 0 fully saturated rings. The number of hydrogen-bond acceptors (Lipinski definition) is 2. The summed E-state index contributed by atoms with van der Waals surface area (Å²) in [5, 5.41) is 3.33. The minimum atomic E-state index is -0.381. The summed E-state index contributed by atoms with van der Waals surface area (Å²) in [7, 11) is 0. The van der Waals surface area contributed by atoms with E-state index in [1.807, 2.05) is 24.3 Å². The van der Waals surface area contributed by atoms with Crippen LogP contribution in [-0.2, 0) is 6.54 Å². The maximum absolute atomic E-state index is 13.7. The predicted octanol–water partition coefficient (Wildman–Crippen LogP) is 4.88. The Labute approximate surface area is 127 Å². The van der Waals surface area contributed by atoms with Crippen molar-refractivity contribution in [2.24, 2.45) is 0 Å². The van der Waals surface area contributed by atoms with Crippen molar-refractivity contribution in [3.05, 3.63) is 58.3 Å². The van der Waals surface area contributed by atoms with Crippen LogP contribution in [0.3, 0.4) is 0 Å². The van der Waals surface area contributed by atoms with E-state index >= 15 is 0 Å². The average molecular weight is 338 g/mol. The predicted molar refractivity (Wildman–Crippen MR) is 82.6 cm³/mol. The van der Waals surface area contributed by atoms with E-state index in [1.54, 1.807) is 12.1 Å². The van der Waals surface area contributed by atoms with Gasteiger partial charge in [0, 0.05) is 11.0 Å². The van der Waals surface area contributed by atoms with Crippen LogP contribution in [0.4, 0.5) is 4.39 Å². The van der Waals surface area contributed by atoms with Crippen molar-refractivity contribution < 1.29 is 9.13 Å². The zero-order valence-electron chi connectivity index (χ0n) is 11.3. The van der Waals surface area contributed by atoms with Crippen LogP contribution in [0.5, 0.6) is 11.5 Å². The van der Waals surface area contributed by atoms with Crippen molar-refractivity contribution in [2.75, 3.05) is 6.54 Å². The lowest BCUT2D eigenvalue weighted by molar-refractivity contribution is 0.442. The fourth-order valence-electron chi connectivity index (χ4n) is 1.77. The number of nitrogens with one attached hydrogen (secondary N) is 1. The Kier molecular flexibility index (Phi) is 5.56. The quantitative estimate of drug-likeness (QED) is 0.758. The molecule has 2 rings (SSSR count). The highest BCUT2D eigenvalue weighted by Crippen LogP contribution is 2.26. The molecule has 1 N–H and O–H groups in total. The largest absolute Gasteiger partial charge is 0.454 e. The molecule has 20 heavy (non-hydrogen) atoms. The van der Waals surface area contributed by atoms with Crippen molar-refractivity contribution in [1.29, 1.82) is 0 Å². The normalized spacial score (nSPS) is 10.6. The lowest BCUT2D eigenvalue weighted by atomic mass is 10.2. The van der Waals surface area contributed by atoms with Crippen molar-refractivity contribution in [2.45, 2.75) is 19.9 Å². The van der Waals surface area contributed by atoms with E-state index in [0.717, 1.165) is 19.5 Å². The summed E-state index contributed by atoms with van der Waals surface area (Å²) < 4.78 is 19.9. The highest BCUT2D eigenvalue weighted by molar-refractivity contribution is 9.10. The second-order valence-corrected chi connectivity index (χ2v) is 5.41. The van der Waals surface area contributed by atoms with Gasteiger partial charge in [-0.15, -0.1) is 0 Å². The molecule has 0 unspecified atom stereocenters. The minimum Gasteiger partial charge on any atom is -0.454 e. The van der Waals surface area contributed by atoms with E-state index in [4.69, 9.17) is 4.74 Å². The lowest BCUT2D eigenvalue weighted by Crippen LogP contribution is -2.13. The molecule has 0 aromatic heterocycles. The summed E-state index contributed by atoms with van der Waals surface area (Å²) >= 11 is 3.22. The first-order valence-electron chi connectivity index (χ1n) is 6.61. The number of rotatable bonds is 6. The number of benzene rings is 2. The number of hydrogen-bond donors (Lipinski definition) is 1.